The lowest BCUT2D eigenvalue weighted by Gasteiger charge is -2.13. The van der Waals surface area contributed by atoms with Crippen molar-refractivity contribution < 1.29 is 26.7 Å². The van der Waals surface area contributed by atoms with Crippen LogP contribution in [0.15, 0.2) is 36.4 Å². The normalized spacial score (nSPS) is 11.1. The Bertz CT molecular complexity index is 917. The van der Waals surface area contributed by atoms with Crippen LogP contribution < -0.4 is 14.8 Å². The summed E-state index contributed by atoms with van der Waals surface area (Å²) in [7, 11) is -2.39. The molecule has 0 aliphatic carbocycles. The van der Waals surface area contributed by atoms with Crippen LogP contribution in [0.5, 0.6) is 5.75 Å². The molecule has 0 fully saturated rings. The first-order valence-corrected chi connectivity index (χ1v) is 9.36. The number of hydrogen-bond donors (Lipinski definition) is 2. The summed E-state index contributed by atoms with van der Waals surface area (Å²) in [6.07, 6.45) is 0.329. The van der Waals surface area contributed by atoms with Crippen LogP contribution in [0.2, 0.25) is 0 Å². The molecule has 6 nitrogen and oxygen atoms in total. The van der Waals surface area contributed by atoms with E-state index in [9.17, 15) is 22.0 Å². The molecule has 9 heteroatoms. The monoisotopic (exact) mass is 384 g/mol. The smallest absolute Gasteiger partial charge is 0.259 e. The van der Waals surface area contributed by atoms with Crippen LogP contribution in [0.1, 0.15) is 23.7 Å². The van der Waals surface area contributed by atoms with E-state index in [0.29, 0.717) is 12.5 Å². The second-order valence-electron chi connectivity index (χ2n) is 5.39. The first kappa shape index (κ1) is 19.6. The summed E-state index contributed by atoms with van der Waals surface area (Å²) in [5.41, 5.74) is -0.668. The SMILES string of the molecule is CCCS(=O)(=O)Nc1cc(NC(=O)c2ccccc2OC)c(F)cc1F. The third-order valence-electron chi connectivity index (χ3n) is 3.39. The Morgan fingerprint density at radius 3 is 2.42 bits per heavy atom. The third-order valence-corrected chi connectivity index (χ3v) is 4.87. The lowest BCUT2D eigenvalue weighted by Crippen LogP contribution is -2.18. The van der Waals surface area contributed by atoms with Gasteiger partial charge in [0.15, 0.2) is 0 Å². The number of para-hydroxylation sites is 1. The second-order valence-corrected chi connectivity index (χ2v) is 7.23. The van der Waals surface area contributed by atoms with E-state index in [1.54, 1.807) is 25.1 Å². The molecule has 0 radical (unpaired) electrons. The molecule has 0 aromatic heterocycles. The van der Waals surface area contributed by atoms with Gasteiger partial charge in [0.1, 0.15) is 17.4 Å². The van der Waals surface area contributed by atoms with Gasteiger partial charge in [-0.2, -0.15) is 0 Å². The van der Waals surface area contributed by atoms with Crippen molar-refractivity contribution in [3.63, 3.8) is 0 Å². The maximum atomic E-state index is 14.0. The Balaban J connectivity index is 2.32. The lowest BCUT2D eigenvalue weighted by molar-refractivity contribution is 0.102. The minimum absolute atomic E-state index is 0.145. The average Bonchev–Trinajstić information content (AvgIpc) is 2.58. The number of benzene rings is 2. The van der Waals surface area contributed by atoms with Gasteiger partial charge < -0.3 is 10.1 Å². The van der Waals surface area contributed by atoms with Gasteiger partial charge in [-0.3, -0.25) is 9.52 Å². The highest BCUT2D eigenvalue weighted by Gasteiger charge is 2.18. The summed E-state index contributed by atoms with van der Waals surface area (Å²) in [4.78, 5) is 12.3. The van der Waals surface area contributed by atoms with Crippen LogP contribution in [0.25, 0.3) is 0 Å². The van der Waals surface area contributed by atoms with Gasteiger partial charge in [0.2, 0.25) is 10.0 Å². The molecule has 0 aliphatic heterocycles. The van der Waals surface area contributed by atoms with E-state index in [1.807, 2.05) is 4.72 Å². The molecular formula is C17H18F2N2O4S. The number of anilines is 2. The van der Waals surface area contributed by atoms with Crippen molar-refractivity contribution >= 4 is 27.3 Å². The Hall–Kier alpha value is -2.68. The maximum Gasteiger partial charge on any atom is 0.259 e. The summed E-state index contributed by atoms with van der Waals surface area (Å²) in [6.45, 7) is 1.65. The molecule has 0 bridgehead atoms. The van der Waals surface area contributed by atoms with E-state index in [1.165, 1.54) is 13.2 Å². The van der Waals surface area contributed by atoms with E-state index in [2.05, 4.69) is 5.32 Å². The van der Waals surface area contributed by atoms with E-state index in [0.717, 1.165) is 6.07 Å². The van der Waals surface area contributed by atoms with E-state index in [4.69, 9.17) is 4.74 Å². The zero-order valence-electron chi connectivity index (χ0n) is 14.2. The molecule has 0 aliphatic rings. The zero-order valence-corrected chi connectivity index (χ0v) is 15.0. The van der Waals surface area contributed by atoms with Crippen LogP contribution in [0, 0.1) is 11.6 Å². The molecule has 0 heterocycles. The number of halogens is 2. The number of rotatable bonds is 7. The van der Waals surface area contributed by atoms with Gasteiger partial charge in [-0.1, -0.05) is 19.1 Å². The summed E-state index contributed by atoms with van der Waals surface area (Å²) in [6, 6.07) is 7.69. The van der Waals surface area contributed by atoms with Gasteiger partial charge in [0.25, 0.3) is 5.91 Å². The van der Waals surface area contributed by atoms with Crippen molar-refractivity contribution in [2.75, 3.05) is 22.9 Å². The number of ether oxygens (including phenoxy) is 1. The number of carbonyl (C=O) groups excluding carboxylic acids is 1. The van der Waals surface area contributed by atoms with Crippen molar-refractivity contribution in [2.24, 2.45) is 0 Å². The van der Waals surface area contributed by atoms with E-state index >= 15 is 0 Å². The van der Waals surface area contributed by atoms with Gasteiger partial charge in [0.05, 0.1) is 29.8 Å². The number of amides is 1. The van der Waals surface area contributed by atoms with Crippen LogP contribution in [0.4, 0.5) is 20.2 Å². The van der Waals surface area contributed by atoms with E-state index in [-0.39, 0.29) is 22.8 Å². The molecule has 140 valence electrons. The van der Waals surface area contributed by atoms with Crippen molar-refractivity contribution in [3.05, 3.63) is 53.6 Å². The Labute approximate surface area is 150 Å². The van der Waals surface area contributed by atoms with Crippen LogP contribution in [-0.4, -0.2) is 27.2 Å². The van der Waals surface area contributed by atoms with E-state index < -0.39 is 33.3 Å². The van der Waals surface area contributed by atoms with Crippen LogP contribution in [0.3, 0.4) is 0 Å². The summed E-state index contributed by atoms with van der Waals surface area (Å²) >= 11 is 0. The van der Waals surface area contributed by atoms with Gasteiger partial charge in [0, 0.05) is 6.07 Å². The fourth-order valence-corrected chi connectivity index (χ4v) is 3.36. The Morgan fingerprint density at radius 1 is 1.12 bits per heavy atom. The topological polar surface area (TPSA) is 84.5 Å². The largest absolute Gasteiger partial charge is 0.496 e. The van der Waals surface area contributed by atoms with Gasteiger partial charge in [-0.05, 0) is 24.6 Å². The second kappa shape index (κ2) is 8.13. The quantitative estimate of drug-likeness (QED) is 0.767. The zero-order chi connectivity index (χ0) is 19.3. The van der Waals surface area contributed by atoms with Gasteiger partial charge >= 0.3 is 0 Å². The molecule has 26 heavy (non-hydrogen) atoms. The van der Waals surface area contributed by atoms with Crippen LogP contribution >= 0.6 is 0 Å². The summed E-state index contributed by atoms with van der Waals surface area (Å²) in [5, 5.41) is 2.29. The Morgan fingerprint density at radius 2 is 1.77 bits per heavy atom. The van der Waals surface area contributed by atoms with Crippen molar-refractivity contribution in [3.8, 4) is 5.75 Å². The van der Waals surface area contributed by atoms with Gasteiger partial charge in [-0.25, -0.2) is 17.2 Å². The molecule has 0 saturated heterocycles. The molecule has 0 saturated carbocycles. The number of methoxy groups -OCH3 is 1. The molecular weight excluding hydrogens is 366 g/mol. The number of sulfonamides is 1. The van der Waals surface area contributed by atoms with Crippen molar-refractivity contribution in [1.29, 1.82) is 0 Å². The molecule has 0 unspecified atom stereocenters. The molecule has 2 aromatic carbocycles. The summed E-state index contributed by atoms with van der Waals surface area (Å²) < 4.78 is 58.6. The highest BCUT2D eigenvalue weighted by atomic mass is 32.2. The highest BCUT2D eigenvalue weighted by Crippen LogP contribution is 2.26. The fourth-order valence-electron chi connectivity index (χ4n) is 2.23. The third kappa shape index (κ3) is 4.69. The molecule has 1 amide bonds. The molecule has 2 rings (SSSR count). The number of nitrogens with one attached hydrogen (secondary N) is 2. The molecule has 2 aromatic rings. The summed E-state index contributed by atoms with van der Waals surface area (Å²) in [5.74, 6) is -2.75. The first-order valence-electron chi connectivity index (χ1n) is 7.71. The number of hydrogen-bond acceptors (Lipinski definition) is 4. The van der Waals surface area contributed by atoms with Crippen molar-refractivity contribution in [1.82, 2.24) is 0 Å². The average molecular weight is 384 g/mol. The van der Waals surface area contributed by atoms with Crippen LogP contribution in [-0.2, 0) is 10.0 Å². The predicted molar refractivity (Wildman–Crippen MR) is 95.0 cm³/mol. The number of carbonyl (C=O) groups is 1. The minimum atomic E-state index is -3.77. The standard InChI is InChI=1S/C17H18F2N2O4S/c1-3-8-26(23,24)21-15-10-14(12(18)9-13(15)19)20-17(22)11-6-4-5-7-16(11)25-2/h4-7,9-10,21H,3,8H2,1-2H3,(H,20,22). The van der Waals surface area contributed by atoms with Gasteiger partial charge in [-0.15, -0.1) is 0 Å². The van der Waals surface area contributed by atoms with Crippen molar-refractivity contribution in [2.45, 2.75) is 13.3 Å². The maximum absolute atomic E-state index is 14.0. The Kier molecular flexibility index (Phi) is 6.14. The molecule has 2 N–H and O–H groups in total. The molecule has 0 spiro atoms. The lowest BCUT2D eigenvalue weighted by atomic mass is 10.1. The minimum Gasteiger partial charge on any atom is -0.496 e. The first-order chi connectivity index (χ1) is 12.3. The highest BCUT2D eigenvalue weighted by molar-refractivity contribution is 7.92. The predicted octanol–water partition coefficient (Wildman–Crippen LogP) is 3.38. The molecule has 0 atom stereocenters. The fraction of sp³-hybridized carbons (Fsp3) is 0.235.